The summed E-state index contributed by atoms with van der Waals surface area (Å²) in [5, 5.41) is 3.67. The number of hydrogen-bond donors (Lipinski definition) is 1. The number of likely N-dealkylation sites (N-methyl/N-ethyl adjacent to an activating group) is 1. The van der Waals surface area contributed by atoms with Crippen molar-refractivity contribution in [2.75, 3.05) is 13.2 Å². The Hall–Kier alpha value is -0.870. The van der Waals surface area contributed by atoms with E-state index in [1.54, 1.807) is 0 Å². The summed E-state index contributed by atoms with van der Waals surface area (Å²) in [5.41, 5.74) is 0.0515. The van der Waals surface area contributed by atoms with E-state index in [4.69, 9.17) is 4.74 Å². The van der Waals surface area contributed by atoms with E-state index >= 15 is 0 Å². The highest BCUT2D eigenvalue weighted by Gasteiger charge is 2.41. The highest BCUT2D eigenvalue weighted by Crippen LogP contribution is 2.37. The van der Waals surface area contributed by atoms with Gasteiger partial charge in [-0.3, -0.25) is 0 Å². The Morgan fingerprint density at radius 3 is 2.70 bits per heavy atom. The molecule has 20 heavy (non-hydrogen) atoms. The molecule has 0 amide bonds. The molecule has 1 atom stereocenters. The van der Waals surface area contributed by atoms with E-state index < -0.39 is 0 Å². The Labute approximate surface area is 122 Å². The molecule has 114 valence electrons. The van der Waals surface area contributed by atoms with Gasteiger partial charge in [0.25, 0.3) is 0 Å². The second-order valence-electron chi connectivity index (χ2n) is 5.81. The molecule has 0 saturated heterocycles. The number of aromatic nitrogens is 2. The van der Waals surface area contributed by atoms with Gasteiger partial charge in [-0.15, -0.1) is 0 Å². The molecular weight excluding hydrogens is 250 g/mol. The predicted molar refractivity (Wildman–Crippen MR) is 81.8 cm³/mol. The fraction of sp³-hybridized carbons (Fsp3) is 0.812. The van der Waals surface area contributed by atoms with Crippen LogP contribution in [0.2, 0.25) is 0 Å². The highest BCUT2D eigenvalue weighted by atomic mass is 16.5. The first kappa shape index (κ1) is 15.5. The number of rotatable bonds is 8. The summed E-state index contributed by atoms with van der Waals surface area (Å²) >= 11 is 0. The molecule has 1 aromatic heterocycles. The number of nitrogens with zero attached hydrogens (tertiary/aromatic N) is 2. The number of aryl methyl sites for hydroxylation is 2. The van der Waals surface area contributed by atoms with Crippen LogP contribution in [0.3, 0.4) is 0 Å². The fourth-order valence-electron chi connectivity index (χ4n) is 3.56. The monoisotopic (exact) mass is 279 g/mol. The predicted octanol–water partition coefficient (Wildman–Crippen LogP) is 2.68. The molecule has 1 aliphatic rings. The summed E-state index contributed by atoms with van der Waals surface area (Å²) < 4.78 is 8.33. The van der Waals surface area contributed by atoms with Gasteiger partial charge in [0, 0.05) is 38.5 Å². The third kappa shape index (κ3) is 3.41. The van der Waals surface area contributed by atoms with E-state index in [0.717, 1.165) is 31.8 Å². The molecule has 0 bridgehead atoms. The van der Waals surface area contributed by atoms with E-state index in [0.29, 0.717) is 6.04 Å². The molecule has 1 heterocycles. The molecule has 1 fully saturated rings. The lowest BCUT2D eigenvalue weighted by Gasteiger charge is -2.38. The lowest BCUT2D eigenvalue weighted by atomic mass is 9.88. The standard InChI is InChI=1S/C16H29N3O/c1-4-17-14(8-9-15-18-12-13-19(15)3)16(20-5-2)10-6-7-11-16/h12-14,17H,4-11H2,1-3H3. The maximum atomic E-state index is 6.22. The minimum Gasteiger partial charge on any atom is -0.374 e. The van der Waals surface area contributed by atoms with Crippen LogP contribution < -0.4 is 5.32 Å². The van der Waals surface area contributed by atoms with Crippen molar-refractivity contribution >= 4 is 0 Å². The molecule has 1 N–H and O–H groups in total. The molecule has 0 aromatic carbocycles. The minimum atomic E-state index is 0.0515. The van der Waals surface area contributed by atoms with Gasteiger partial charge in [0.05, 0.1) is 5.60 Å². The maximum Gasteiger partial charge on any atom is 0.108 e. The Morgan fingerprint density at radius 1 is 1.40 bits per heavy atom. The minimum absolute atomic E-state index is 0.0515. The SMILES string of the molecule is CCNC(CCc1nccn1C)C1(OCC)CCCC1. The van der Waals surface area contributed by atoms with Crippen LogP contribution in [-0.4, -0.2) is 34.3 Å². The maximum absolute atomic E-state index is 6.22. The van der Waals surface area contributed by atoms with Crippen LogP contribution in [0, 0.1) is 0 Å². The summed E-state index contributed by atoms with van der Waals surface area (Å²) in [7, 11) is 2.07. The van der Waals surface area contributed by atoms with Crippen molar-refractivity contribution in [2.45, 2.75) is 64.0 Å². The van der Waals surface area contributed by atoms with Crippen LogP contribution in [0.25, 0.3) is 0 Å². The summed E-state index contributed by atoms with van der Waals surface area (Å²) in [5.74, 6) is 1.16. The van der Waals surface area contributed by atoms with E-state index in [2.05, 4.69) is 35.8 Å². The van der Waals surface area contributed by atoms with Gasteiger partial charge < -0.3 is 14.6 Å². The van der Waals surface area contributed by atoms with Gasteiger partial charge in [-0.2, -0.15) is 0 Å². The van der Waals surface area contributed by atoms with Crippen molar-refractivity contribution in [3.63, 3.8) is 0 Å². The molecular formula is C16H29N3O. The molecule has 2 rings (SSSR count). The topological polar surface area (TPSA) is 39.1 Å². The lowest BCUT2D eigenvalue weighted by Crippen LogP contribution is -2.51. The van der Waals surface area contributed by atoms with Crippen LogP contribution in [0.1, 0.15) is 51.8 Å². The van der Waals surface area contributed by atoms with E-state index in [1.807, 2.05) is 12.4 Å². The molecule has 1 unspecified atom stereocenters. The third-order valence-electron chi connectivity index (χ3n) is 4.54. The zero-order valence-electron chi connectivity index (χ0n) is 13.2. The normalized spacial score (nSPS) is 19.4. The largest absolute Gasteiger partial charge is 0.374 e. The molecule has 0 aliphatic heterocycles. The van der Waals surface area contributed by atoms with Crippen molar-refractivity contribution in [1.82, 2.24) is 14.9 Å². The van der Waals surface area contributed by atoms with Gasteiger partial charge in [0.1, 0.15) is 5.82 Å². The van der Waals surface area contributed by atoms with Gasteiger partial charge in [0.15, 0.2) is 0 Å². The zero-order valence-corrected chi connectivity index (χ0v) is 13.2. The molecule has 4 heteroatoms. The Morgan fingerprint density at radius 2 is 2.15 bits per heavy atom. The van der Waals surface area contributed by atoms with E-state index in [-0.39, 0.29) is 5.60 Å². The van der Waals surface area contributed by atoms with Crippen molar-refractivity contribution in [1.29, 1.82) is 0 Å². The number of hydrogen-bond acceptors (Lipinski definition) is 3. The van der Waals surface area contributed by atoms with Crippen LogP contribution in [-0.2, 0) is 18.2 Å². The second-order valence-corrected chi connectivity index (χ2v) is 5.81. The lowest BCUT2D eigenvalue weighted by molar-refractivity contribution is -0.0629. The van der Waals surface area contributed by atoms with Crippen LogP contribution in [0.15, 0.2) is 12.4 Å². The van der Waals surface area contributed by atoms with Crippen molar-refractivity contribution in [3.8, 4) is 0 Å². The van der Waals surface area contributed by atoms with Crippen molar-refractivity contribution in [2.24, 2.45) is 7.05 Å². The molecule has 0 spiro atoms. The van der Waals surface area contributed by atoms with Gasteiger partial charge in [-0.05, 0) is 32.7 Å². The first-order valence-electron chi connectivity index (χ1n) is 8.05. The number of nitrogens with one attached hydrogen (secondary N) is 1. The fourth-order valence-corrected chi connectivity index (χ4v) is 3.56. The van der Waals surface area contributed by atoms with Crippen LogP contribution in [0.4, 0.5) is 0 Å². The first-order chi connectivity index (χ1) is 9.72. The first-order valence-corrected chi connectivity index (χ1v) is 8.05. The average molecular weight is 279 g/mol. The Kier molecular flexibility index (Phi) is 5.61. The summed E-state index contributed by atoms with van der Waals surface area (Å²) in [4.78, 5) is 4.44. The molecule has 1 saturated carbocycles. The van der Waals surface area contributed by atoms with Gasteiger partial charge in [0.2, 0.25) is 0 Å². The molecule has 4 nitrogen and oxygen atoms in total. The van der Waals surface area contributed by atoms with Crippen LogP contribution in [0.5, 0.6) is 0 Å². The van der Waals surface area contributed by atoms with Gasteiger partial charge in [-0.1, -0.05) is 19.8 Å². The summed E-state index contributed by atoms with van der Waals surface area (Å²) in [6.07, 6.45) is 11.0. The third-order valence-corrected chi connectivity index (χ3v) is 4.54. The van der Waals surface area contributed by atoms with Crippen molar-refractivity contribution < 1.29 is 4.74 Å². The quantitative estimate of drug-likeness (QED) is 0.795. The summed E-state index contributed by atoms with van der Waals surface area (Å²) in [6.45, 7) is 6.11. The van der Waals surface area contributed by atoms with E-state index in [1.165, 1.54) is 25.7 Å². The number of ether oxygens (including phenoxy) is 1. The van der Waals surface area contributed by atoms with Crippen molar-refractivity contribution in [3.05, 3.63) is 18.2 Å². The number of imidazole rings is 1. The van der Waals surface area contributed by atoms with Gasteiger partial charge in [-0.25, -0.2) is 4.98 Å². The Balaban J connectivity index is 2.03. The smallest absolute Gasteiger partial charge is 0.108 e. The molecule has 0 radical (unpaired) electrons. The Bertz CT molecular complexity index is 396. The average Bonchev–Trinajstić information content (AvgIpc) is 3.05. The van der Waals surface area contributed by atoms with Gasteiger partial charge >= 0.3 is 0 Å². The summed E-state index contributed by atoms with van der Waals surface area (Å²) in [6, 6.07) is 0.437. The van der Waals surface area contributed by atoms with E-state index in [9.17, 15) is 0 Å². The zero-order chi connectivity index (χ0) is 14.4. The van der Waals surface area contributed by atoms with Crippen LogP contribution >= 0.6 is 0 Å². The molecule has 1 aliphatic carbocycles. The highest BCUT2D eigenvalue weighted by molar-refractivity contribution is 5.00. The molecule has 1 aromatic rings. The second kappa shape index (κ2) is 7.23.